The van der Waals surface area contributed by atoms with Crippen molar-refractivity contribution >= 4 is 29.0 Å². The summed E-state index contributed by atoms with van der Waals surface area (Å²) in [4.78, 5) is 25.2. The van der Waals surface area contributed by atoms with Crippen molar-refractivity contribution in [3.05, 3.63) is 46.2 Å². The first-order chi connectivity index (χ1) is 12.6. The Balaban J connectivity index is 1.76. The maximum atomic E-state index is 12.6. The molecule has 1 heterocycles. The molecule has 26 heavy (non-hydrogen) atoms. The van der Waals surface area contributed by atoms with E-state index in [-0.39, 0.29) is 12.1 Å². The molecular formula is C19H23N3O3S. The van der Waals surface area contributed by atoms with E-state index in [9.17, 15) is 9.59 Å². The average molecular weight is 373 g/mol. The second-order valence-electron chi connectivity index (χ2n) is 6.42. The lowest BCUT2D eigenvalue weighted by atomic mass is 9.97. The van der Waals surface area contributed by atoms with Crippen molar-refractivity contribution in [1.29, 1.82) is 0 Å². The molecule has 2 aromatic rings. The van der Waals surface area contributed by atoms with Gasteiger partial charge in [-0.25, -0.2) is 4.79 Å². The first-order valence-corrected chi connectivity index (χ1v) is 9.55. The van der Waals surface area contributed by atoms with Gasteiger partial charge in [-0.3, -0.25) is 4.79 Å². The van der Waals surface area contributed by atoms with E-state index in [0.717, 1.165) is 17.7 Å². The average Bonchev–Trinajstić information content (AvgIpc) is 3.33. The summed E-state index contributed by atoms with van der Waals surface area (Å²) in [5.41, 5.74) is 6.05. The third-order valence-electron chi connectivity index (χ3n) is 4.74. The number of methoxy groups -OCH3 is 1. The SMILES string of the molecule is COc1ccc(C(N)=O)cc1NC(=O)N[C@@H](c1cccs1)C1CCCC1. The van der Waals surface area contributed by atoms with Crippen LogP contribution in [0.1, 0.15) is 47.0 Å². The lowest BCUT2D eigenvalue weighted by Crippen LogP contribution is -2.35. The van der Waals surface area contributed by atoms with E-state index in [1.165, 1.54) is 26.0 Å². The molecule has 0 unspecified atom stereocenters. The monoisotopic (exact) mass is 373 g/mol. The van der Waals surface area contributed by atoms with Gasteiger partial charge in [-0.2, -0.15) is 0 Å². The Hall–Kier alpha value is -2.54. The Labute approximate surface area is 156 Å². The molecule has 1 aliphatic carbocycles. The fourth-order valence-corrected chi connectivity index (χ4v) is 4.31. The maximum absolute atomic E-state index is 12.6. The molecule has 7 heteroatoms. The normalized spacial score (nSPS) is 15.4. The minimum absolute atomic E-state index is 0.0113. The number of benzene rings is 1. The second kappa shape index (κ2) is 8.23. The summed E-state index contributed by atoms with van der Waals surface area (Å²) >= 11 is 1.65. The van der Waals surface area contributed by atoms with E-state index in [1.807, 2.05) is 11.4 Å². The van der Waals surface area contributed by atoms with Crippen LogP contribution in [0.15, 0.2) is 35.7 Å². The zero-order valence-corrected chi connectivity index (χ0v) is 15.5. The second-order valence-corrected chi connectivity index (χ2v) is 7.39. The topological polar surface area (TPSA) is 93.4 Å². The summed E-state index contributed by atoms with van der Waals surface area (Å²) in [6.45, 7) is 0. The van der Waals surface area contributed by atoms with Crippen molar-refractivity contribution in [2.75, 3.05) is 12.4 Å². The number of rotatable bonds is 6. The molecule has 6 nitrogen and oxygen atoms in total. The van der Waals surface area contributed by atoms with Gasteiger partial charge in [0.25, 0.3) is 0 Å². The summed E-state index contributed by atoms with van der Waals surface area (Å²) in [6.07, 6.45) is 4.63. The van der Waals surface area contributed by atoms with Gasteiger partial charge in [-0.05, 0) is 48.4 Å². The van der Waals surface area contributed by atoms with Gasteiger partial charge in [0.15, 0.2) is 0 Å². The van der Waals surface area contributed by atoms with Gasteiger partial charge in [0, 0.05) is 10.4 Å². The van der Waals surface area contributed by atoms with Crippen LogP contribution in [-0.4, -0.2) is 19.0 Å². The van der Waals surface area contributed by atoms with Crippen molar-refractivity contribution in [2.45, 2.75) is 31.7 Å². The molecule has 0 saturated heterocycles. The van der Waals surface area contributed by atoms with Gasteiger partial charge >= 0.3 is 6.03 Å². The minimum Gasteiger partial charge on any atom is -0.495 e. The highest BCUT2D eigenvalue weighted by molar-refractivity contribution is 7.10. The Morgan fingerprint density at radius 3 is 2.65 bits per heavy atom. The van der Waals surface area contributed by atoms with Crippen molar-refractivity contribution in [2.24, 2.45) is 11.7 Å². The van der Waals surface area contributed by atoms with Crippen LogP contribution in [0.3, 0.4) is 0 Å². The molecule has 3 rings (SSSR count). The smallest absolute Gasteiger partial charge is 0.319 e. The van der Waals surface area contributed by atoms with Crippen LogP contribution >= 0.6 is 11.3 Å². The first kappa shape index (κ1) is 18.3. The number of nitrogens with one attached hydrogen (secondary N) is 2. The first-order valence-electron chi connectivity index (χ1n) is 8.67. The van der Waals surface area contributed by atoms with Gasteiger partial charge in [0.2, 0.25) is 5.91 Å². The summed E-state index contributed by atoms with van der Waals surface area (Å²) in [5.74, 6) is 0.357. The highest BCUT2D eigenvalue weighted by atomic mass is 32.1. The predicted molar refractivity (Wildman–Crippen MR) is 103 cm³/mol. The van der Waals surface area contributed by atoms with Gasteiger partial charge in [0.05, 0.1) is 18.8 Å². The Morgan fingerprint density at radius 2 is 2.04 bits per heavy atom. The molecule has 138 valence electrons. The summed E-state index contributed by atoms with van der Waals surface area (Å²) < 4.78 is 5.27. The fourth-order valence-electron chi connectivity index (χ4n) is 3.44. The van der Waals surface area contributed by atoms with Gasteiger partial charge < -0.3 is 21.1 Å². The molecule has 0 radical (unpaired) electrons. The van der Waals surface area contributed by atoms with Crippen LogP contribution in [0.25, 0.3) is 0 Å². The fraction of sp³-hybridized carbons (Fsp3) is 0.368. The molecule has 1 fully saturated rings. The van der Waals surface area contributed by atoms with Crippen LogP contribution < -0.4 is 21.1 Å². The molecule has 0 aliphatic heterocycles. The number of hydrogen-bond acceptors (Lipinski definition) is 4. The highest BCUT2D eigenvalue weighted by Crippen LogP contribution is 2.37. The summed E-state index contributed by atoms with van der Waals surface area (Å²) in [7, 11) is 1.51. The number of ether oxygens (including phenoxy) is 1. The Kier molecular flexibility index (Phi) is 5.78. The molecule has 4 N–H and O–H groups in total. The molecule has 0 spiro atoms. The predicted octanol–water partition coefficient (Wildman–Crippen LogP) is 3.91. The number of amides is 3. The van der Waals surface area contributed by atoms with E-state index in [4.69, 9.17) is 10.5 Å². The largest absolute Gasteiger partial charge is 0.495 e. The van der Waals surface area contributed by atoms with Gasteiger partial charge in [-0.1, -0.05) is 18.9 Å². The molecule has 1 aliphatic rings. The molecule has 1 aromatic carbocycles. The molecule has 1 aromatic heterocycles. The lowest BCUT2D eigenvalue weighted by Gasteiger charge is -2.24. The molecule has 1 atom stereocenters. The molecule has 3 amide bonds. The summed E-state index contributed by atoms with van der Waals surface area (Å²) in [5, 5.41) is 7.92. The van der Waals surface area contributed by atoms with Gasteiger partial charge in [-0.15, -0.1) is 11.3 Å². The number of thiophene rings is 1. The third kappa shape index (κ3) is 4.16. The number of hydrogen-bond donors (Lipinski definition) is 3. The van der Waals surface area contributed by atoms with Crippen LogP contribution in [0.2, 0.25) is 0 Å². The van der Waals surface area contributed by atoms with Crippen LogP contribution in [0, 0.1) is 5.92 Å². The Bertz CT molecular complexity index is 770. The molecule has 0 bridgehead atoms. The quantitative estimate of drug-likeness (QED) is 0.717. The van der Waals surface area contributed by atoms with Crippen LogP contribution in [-0.2, 0) is 0 Å². The van der Waals surface area contributed by atoms with E-state index in [2.05, 4.69) is 16.7 Å². The standard InChI is InChI=1S/C19H23N3O3S/c1-25-15-9-8-13(18(20)23)11-14(15)21-19(24)22-17(12-5-2-3-6-12)16-7-4-10-26-16/h4,7-12,17H,2-3,5-6H2,1H3,(H2,20,23)(H2,21,22,24)/t17-/m1/s1. The van der Waals surface area contributed by atoms with Crippen molar-refractivity contribution in [3.63, 3.8) is 0 Å². The number of carbonyl (C=O) groups is 2. The third-order valence-corrected chi connectivity index (χ3v) is 5.70. The number of carbonyl (C=O) groups excluding carboxylic acids is 2. The summed E-state index contributed by atoms with van der Waals surface area (Å²) in [6, 6.07) is 8.43. The van der Waals surface area contributed by atoms with Crippen molar-refractivity contribution in [1.82, 2.24) is 5.32 Å². The molecule has 1 saturated carbocycles. The number of urea groups is 1. The van der Waals surface area contributed by atoms with E-state index in [1.54, 1.807) is 23.5 Å². The van der Waals surface area contributed by atoms with Gasteiger partial charge in [0.1, 0.15) is 5.75 Å². The maximum Gasteiger partial charge on any atom is 0.319 e. The van der Waals surface area contributed by atoms with Crippen molar-refractivity contribution in [3.8, 4) is 5.75 Å². The number of anilines is 1. The Morgan fingerprint density at radius 1 is 1.27 bits per heavy atom. The lowest BCUT2D eigenvalue weighted by molar-refractivity contribution is 0.1000. The number of nitrogens with two attached hydrogens (primary N) is 1. The van der Waals surface area contributed by atoms with E-state index in [0.29, 0.717) is 22.9 Å². The van der Waals surface area contributed by atoms with Crippen LogP contribution in [0.4, 0.5) is 10.5 Å². The zero-order valence-electron chi connectivity index (χ0n) is 14.7. The van der Waals surface area contributed by atoms with Crippen molar-refractivity contribution < 1.29 is 14.3 Å². The van der Waals surface area contributed by atoms with E-state index < -0.39 is 5.91 Å². The number of primary amides is 1. The highest BCUT2D eigenvalue weighted by Gasteiger charge is 2.28. The molecular weight excluding hydrogens is 350 g/mol. The van der Waals surface area contributed by atoms with E-state index >= 15 is 0 Å². The zero-order chi connectivity index (χ0) is 18.5. The van der Waals surface area contributed by atoms with Crippen LogP contribution in [0.5, 0.6) is 5.75 Å². The minimum atomic E-state index is -0.557.